The normalized spacial score (nSPS) is 10.8. The quantitative estimate of drug-likeness (QED) is 0.468. The molecule has 7 heteroatoms. The summed E-state index contributed by atoms with van der Waals surface area (Å²) in [6, 6.07) is 7.38. The second-order valence-corrected chi connectivity index (χ2v) is 4.77. The lowest BCUT2D eigenvalue weighted by Gasteiger charge is -2.04. The summed E-state index contributed by atoms with van der Waals surface area (Å²) in [5.41, 5.74) is 9.21. The molecular weight excluding hydrogens is 279 g/mol. The number of halogens is 1. The number of nitrogens with zero attached hydrogens (tertiary/aromatic N) is 2. The topological polar surface area (TPSA) is 72.5 Å². The first-order valence-electron chi connectivity index (χ1n) is 6.07. The summed E-state index contributed by atoms with van der Waals surface area (Å²) in [5, 5.41) is 6.44. The zero-order valence-corrected chi connectivity index (χ0v) is 11.6. The minimum absolute atomic E-state index is 0.363. The number of nitrogens with one attached hydrogen (secondary N) is 1. The molecule has 106 valence electrons. The predicted molar refractivity (Wildman–Crippen MR) is 80.3 cm³/mol. The van der Waals surface area contributed by atoms with Crippen molar-refractivity contribution in [1.29, 1.82) is 0 Å². The third kappa shape index (κ3) is 4.51. The molecule has 2 aromatic rings. The van der Waals surface area contributed by atoms with Crippen LogP contribution >= 0.6 is 11.3 Å². The Kier molecular flexibility index (Phi) is 5.31. The molecule has 0 amide bonds. The van der Waals surface area contributed by atoms with Crippen LogP contribution in [0.2, 0.25) is 0 Å². The van der Waals surface area contributed by atoms with Crippen LogP contribution in [-0.4, -0.2) is 24.5 Å². The van der Waals surface area contributed by atoms with Crippen LogP contribution in [-0.2, 0) is 0 Å². The van der Waals surface area contributed by atoms with Gasteiger partial charge in [-0.1, -0.05) is 0 Å². The molecule has 0 aliphatic carbocycles. The Bertz CT molecular complexity index is 556. The van der Waals surface area contributed by atoms with Crippen molar-refractivity contribution in [3.05, 3.63) is 35.2 Å². The number of benzene rings is 1. The Hall–Kier alpha value is -2.15. The molecule has 0 aliphatic heterocycles. The maximum Gasteiger partial charge on any atom is 0.205 e. The maximum absolute atomic E-state index is 11.9. The van der Waals surface area contributed by atoms with Gasteiger partial charge in [0.25, 0.3) is 0 Å². The predicted octanol–water partition coefficient (Wildman–Crippen LogP) is 2.91. The second kappa shape index (κ2) is 7.44. The van der Waals surface area contributed by atoms with Crippen molar-refractivity contribution < 1.29 is 9.13 Å². The lowest BCUT2D eigenvalue weighted by atomic mass is 10.2. The summed E-state index contributed by atoms with van der Waals surface area (Å²) in [6.45, 7) is 0.0225. The molecule has 0 radical (unpaired) electrons. The van der Waals surface area contributed by atoms with Crippen LogP contribution in [0.1, 0.15) is 12.0 Å². The molecule has 5 nitrogen and oxygen atoms in total. The summed E-state index contributed by atoms with van der Waals surface area (Å²) < 4.78 is 17.3. The van der Waals surface area contributed by atoms with E-state index in [4.69, 9.17) is 10.5 Å². The number of thiazole rings is 1. The SMILES string of the molecule is Nc1csc(NN=Cc2ccc(OCCCF)cc2)n1. The monoisotopic (exact) mass is 294 g/mol. The van der Waals surface area contributed by atoms with Gasteiger partial charge in [-0.15, -0.1) is 11.3 Å². The molecule has 0 saturated carbocycles. The van der Waals surface area contributed by atoms with Crippen LogP contribution in [0, 0.1) is 0 Å². The van der Waals surface area contributed by atoms with Gasteiger partial charge in [-0.05, 0) is 29.8 Å². The Balaban J connectivity index is 1.83. The summed E-state index contributed by atoms with van der Waals surface area (Å²) in [4.78, 5) is 4.02. The Morgan fingerprint density at radius 2 is 2.20 bits per heavy atom. The lowest BCUT2D eigenvalue weighted by molar-refractivity contribution is 0.289. The number of aromatic nitrogens is 1. The largest absolute Gasteiger partial charge is 0.493 e. The highest BCUT2D eigenvalue weighted by molar-refractivity contribution is 7.14. The van der Waals surface area contributed by atoms with Crippen molar-refractivity contribution in [1.82, 2.24) is 4.98 Å². The van der Waals surface area contributed by atoms with Gasteiger partial charge < -0.3 is 10.5 Å². The molecular formula is C13H15FN4OS. The fraction of sp³-hybridized carbons (Fsp3) is 0.231. The average molecular weight is 294 g/mol. The van der Waals surface area contributed by atoms with Crippen LogP contribution in [0.15, 0.2) is 34.7 Å². The van der Waals surface area contributed by atoms with Crippen molar-refractivity contribution in [2.24, 2.45) is 5.10 Å². The first-order valence-corrected chi connectivity index (χ1v) is 6.95. The van der Waals surface area contributed by atoms with Crippen molar-refractivity contribution in [2.45, 2.75) is 6.42 Å². The van der Waals surface area contributed by atoms with E-state index in [1.54, 1.807) is 11.6 Å². The van der Waals surface area contributed by atoms with Gasteiger partial charge in [0.05, 0.1) is 19.5 Å². The Labute approximate surface area is 120 Å². The summed E-state index contributed by atoms with van der Waals surface area (Å²) in [5.74, 6) is 1.19. The molecule has 2 rings (SSSR count). The third-order valence-corrected chi connectivity index (χ3v) is 3.09. The first-order chi connectivity index (χ1) is 9.78. The smallest absolute Gasteiger partial charge is 0.205 e. The third-order valence-electron chi connectivity index (χ3n) is 2.32. The van der Waals surface area contributed by atoms with Crippen molar-refractivity contribution >= 4 is 28.5 Å². The molecule has 0 saturated heterocycles. The van der Waals surface area contributed by atoms with E-state index in [1.807, 2.05) is 24.3 Å². The second-order valence-electron chi connectivity index (χ2n) is 3.91. The zero-order valence-electron chi connectivity index (χ0n) is 10.8. The fourth-order valence-electron chi connectivity index (χ4n) is 1.39. The number of nitrogen functional groups attached to an aromatic ring is 1. The van der Waals surface area contributed by atoms with Crippen molar-refractivity contribution in [3.63, 3.8) is 0 Å². The number of ether oxygens (including phenoxy) is 1. The summed E-state index contributed by atoms with van der Waals surface area (Å²) >= 11 is 1.39. The molecule has 1 aromatic heterocycles. The first kappa shape index (κ1) is 14.3. The van der Waals surface area contributed by atoms with E-state index in [-0.39, 0.29) is 6.67 Å². The van der Waals surface area contributed by atoms with Gasteiger partial charge in [-0.2, -0.15) is 5.10 Å². The molecule has 0 aliphatic rings. The molecule has 0 spiro atoms. The highest BCUT2D eigenvalue weighted by Gasteiger charge is 1.96. The molecule has 1 aromatic carbocycles. The molecule has 0 fully saturated rings. The highest BCUT2D eigenvalue weighted by atomic mass is 32.1. The minimum Gasteiger partial charge on any atom is -0.493 e. The van der Waals surface area contributed by atoms with Crippen LogP contribution in [0.3, 0.4) is 0 Å². The van der Waals surface area contributed by atoms with Crippen LogP contribution in [0.25, 0.3) is 0 Å². The number of hydrogen-bond donors (Lipinski definition) is 2. The van der Waals surface area contributed by atoms with Gasteiger partial charge in [-0.3, -0.25) is 9.82 Å². The molecule has 0 bridgehead atoms. The van der Waals surface area contributed by atoms with E-state index in [1.165, 1.54) is 11.3 Å². The van der Waals surface area contributed by atoms with Crippen molar-refractivity contribution in [2.75, 3.05) is 24.4 Å². The standard InChI is InChI=1S/C13H15FN4OS/c14-6-1-7-19-11-4-2-10(3-5-11)8-16-18-13-17-12(15)9-20-13/h2-5,8-9H,1,6-7,15H2,(H,17,18). The molecule has 3 N–H and O–H groups in total. The van der Waals surface area contributed by atoms with Crippen LogP contribution in [0.4, 0.5) is 15.3 Å². The highest BCUT2D eigenvalue weighted by Crippen LogP contribution is 2.16. The number of nitrogens with two attached hydrogens (primary N) is 1. The van der Waals surface area contributed by atoms with E-state index in [0.29, 0.717) is 24.0 Å². The van der Waals surface area contributed by atoms with E-state index in [0.717, 1.165) is 11.3 Å². The van der Waals surface area contributed by atoms with Crippen LogP contribution in [0.5, 0.6) is 5.75 Å². The van der Waals surface area contributed by atoms with Gasteiger partial charge in [0.1, 0.15) is 11.6 Å². The number of rotatable bonds is 7. The van der Waals surface area contributed by atoms with Crippen LogP contribution < -0.4 is 15.9 Å². The molecule has 1 heterocycles. The lowest BCUT2D eigenvalue weighted by Crippen LogP contribution is -1.98. The number of hydrazone groups is 1. The van der Waals surface area contributed by atoms with Gasteiger partial charge in [-0.25, -0.2) is 4.98 Å². The van der Waals surface area contributed by atoms with E-state index >= 15 is 0 Å². The fourth-order valence-corrected chi connectivity index (χ4v) is 1.94. The maximum atomic E-state index is 11.9. The Morgan fingerprint density at radius 1 is 1.40 bits per heavy atom. The molecule has 20 heavy (non-hydrogen) atoms. The zero-order chi connectivity index (χ0) is 14.2. The number of alkyl halides is 1. The molecule has 0 unspecified atom stereocenters. The van der Waals surface area contributed by atoms with Crippen molar-refractivity contribution in [3.8, 4) is 5.75 Å². The summed E-state index contributed by atoms with van der Waals surface area (Å²) in [6.07, 6.45) is 2.08. The minimum atomic E-state index is -0.363. The average Bonchev–Trinajstić information content (AvgIpc) is 2.87. The van der Waals surface area contributed by atoms with E-state index in [9.17, 15) is 4.39 Å². The van der Waals surface area contributed by atoms with Gasteiger partial charge in [0.2, 0.25) is 5.13 Å². The van der Waals surface area contributed by atoms with Gasteiger partial charge in [0, 0.05) is 11.8 Å². The molecule has 0 atom stereocenters. The summed E-state index contributed by atoms with van der Waals surface area (Å²) in [7, 11) is 0. The number of hydrogen-bond acceptors (Lipinski definition) is 6. The van der Waals surface area contributed by atoms with Gasteiger partial charge in [0.15, 0.2) is 0 Å². The number of anilines is 2. The van der Waals surface area contributed by atoms with E-state index in [2.05, 4.69) is 15.5 Å². The van der Waals surface area contributed by atoms with Gasteiger partial charge >= 0.3 is 0 Å². The van der Waals surface area contributed by atoms with E-state index < -0.39 is 0 Å². The Morgan fingerprint density at radius 3 is 2.85 bits per heavy atom.